The van der Waals surface area contributed by atoms with E-state index in [1.807, 2.05) is 6.07 Å². The molecule has 0 saturated carbocycles. The number of guanidine groups is 1. The highest BCUT2D eigenvalue weighted by Crippen LogP contribution is 2.39. The van der Waals surface area contributed by atoms with Gasteiger partial charge in [0.15, 0.2) is 11.1 Å². The first-order valence-electron chi connectivity index (χ1n) is 8.10. The Morgan fingerprint density at radius 1 is 1.35 bits per heavy atom. The minimum absolute atomic E-state index is 0.0146. The number of rotatable bonds is 1. The molecule has 7 heteroatoms. The van der Waals surface area contributed by atoms with Gasteiger partial charge in [0, 0.05) is 13.1 Å². The van der Waals surface area contributed by atoms with Crippen LogP contribution in [0.2, 0.25) is 0 Å². The molecule has 2 N–H and O–H groups in total. The van der Waals surface area contributed by atoms with Crippen molar-refractivity contribution in [2.75, 3.05) is 31.5 Å². The van der Waals surface area contributed by atoms with Crippen LogP contribution >= 0.6 is 11.3 Å². The van der Waals surface area contributed by atoms with Crippen LogP contribution in [0, 0.1) is 11.7 Å². The summed E-state index contributed by atoms with van der Waals surface area (Å²) in [6.07, 6.45) is 2.48. The number of hydrogen-bond acceptors (Lipinski definition) is 6. The molecule has 0 aliphatic carbocycles. The van der Waals surface area contributed by atoms with E-state index in [9.17, 15) is 4.39 Å². The van der Waals surface area contributed by atoms with Crippen molar-refractivity contribution >= 4 is 32.6 Å². The van der Waals surface area contributed by atoms with Gasteiger partial charge in [-0.1, -0.05) is 17.4 Å². The fraction of sp³-hybridized carbons (Fsp3) is 0.500. The van der Waals surface area contributed by atoms with Crippen molar-refractivity contribution in [2.24, 2.45) is 10.9 Å². The fourth-order valence-corrected chi connectivity index (χ4v) is 5.03. The van der Waals surface area contributed by atoms with Crippen molar-refractivity contribution in [2.45, 2.75) is 18.4 Å². The molecule has 1 atom stereocenters. The van der Waals surface area contributed by atoms with Gasteiger partial charge in [-0.15, -0.1) is 0 Å². The van der Waals surface area contributed by atoms with Crippen molar-refractivity contribution in [1.82, 2.24) is 15.2 Å². The van der Waals surface area contributed by atoms with Crippen LogP contribution in [0.5, 0.6) is 0 Å². The molecule has 1 aromatic heterocycles. The van der Waals surface area contributed by atoms with Gasteiger partial charge >= 0.3 is 0 Å². The molecule has 4 aliphatic heterocycles. The first-order chi connectivity index (χ1) is 11.2. The first kappa shape index (κ1) is 13.7. The standard InChI is InChI=1S/C16H18FN5S/c17-11-2-1-3-12-13(11)19-15(23-12)20-14-18-8-16(21-14)9-22-6-4-10(16)5-7-22/h1-3,10H,4-9H2,(H2,18,19,20,21). The van der Waals surface area contributed by atoms with E-state index in [-0.39, 0.29) is 11.4 Å². The first-order valence-corrected chi connectivity index (χ1v) is 8.92. The molecule has 1 spiro atoms. The lowest BCUT2D eigenvalue weighted by Crippen LogP contribution is -2.59. The zero-order chi connectivity index (χ0) is 15.4. The fourth-order valence-electron chi connectivity index (χ4n) is 4.15. The molecule has 3 fully saturated rings. The number of thiazole rings is 1. The van der Waals surface area contributed by atoms with Crippen molar-refractivity contribution in [3.8, 4) is 0 Å². The Kier molecular flexibility index (Phi) is 2.90. The molecule has 5 nitrogen and oxygen atoms in total. The van der Waals surface area contributed by atoms with Crippen LogP contribution in [-0.2, 0) is 0 Å². The van der Waals surface area contributed by atoms with Crippen LogP contribution in [0.25, 0.3) is 10.2 Å². The van der Waals surface area contributed by atoms with E-state index in [1.54, 1.807) is 6.07 Å². The van der Waals surface area contributed by atoms with Crippen molar-refractivity contribution in [1.29, 1.82) is 0 Å². The molecule has 4 aliphatic rings. The molecule has 5 heterocycles. The number of halogens is 1. The molecule has 6 rings (SSSR count). The molecule has 120 valence electrons. The Balaban J connectivity index is 1.42. The molecular weight excluding hydrogens is 313 g/mol. The van der Waals surface area contributed by atoms with Crippen LogP contribution in [-0.4, -0.2) is 47.6 Å². The van der Waals surface area contributed by atoms with Gasteiger partial charge in [0.05, 0.1) is 10.2 Å². The molecule has 2 bridgehead atoms. The molecule has 1 aromatic carbocycles. The molecular formula is C16H18FN5S. The smallest absolute Gasteiger partial charge is 0.198 e. The molecule has 1 unspecified atom stereocenters. The lowest BCUT2D eigenvalue weighted by atomic mass is 9.73. The second-order valence-electron chi connectivity index (χ2n) is 6.70. The van der Waals surface area contributed by atoms with E-state index in [0.29, 0.717) is 16.6 Å². The van der Waals surface area contributed by atoms with E-state index in [2.05, 4.69) is 20.5 Å². The third kappa shape index (κ3) is 2.14. The van der Waals surface area contributed by atoms with Gasteiger partial charge in [0.1, 0.15) is 11.3 Å². The second-order valence-corrected chi connectivity index (χ2v) is 7.73. The number of fused-ring (bicyclic) bond motifs is 3. The molecule has 0 radical (unpaired) electrons. The quantitative estimate of drug-likeness (QED) is 0.842. The zero-order valence-corrected chi connectivity index (χ0v) is 13.5. The summed E-state index contributed by atoms with van der Waals surface area (Å²) in [4.78, 5) is 11.8. The minimum Gasteiger partial charge on any atom is -0.354 e. The van der Waals surface area contributed by atoms with Crippen molar-refractivity contribution in [3.05, 3.63) is 24.0 Å². The number of piperidine rings is 3. The Labute approximate surface area is 137 Å². The van der Waals surface area contributed by atoms with Gasteiger partial charge in [0.25, 0.3) is 0 Å². The molecule has 0 amide bonds. The highest BCUT2D eigenvalue weighted by Gasteiger charge is 2.49. The predicted molar refractivity (Wildman–Crippen MR) is 90.5 cm³/mol. The van der Waals surface area contributed by atoms with Gasteiger partial charge in [0.2, 0.25) is 0 Å². The normalized spacial score (nSPS) is 32.3. The molecule has 2 aromatic rings. The summed E-state index contributed by atoms with van der Waals surface area (Å²) >= 11 is 1.46. The van der Waals surface area contributed by atoms with Gasteiger partial charge in [-0.25, -0.2) is 14.4 Å². The molecule has 3 saturated heterocycles. The number of aromatic nitrogens is 1. The number of para-hydroxylation sites is 1. The van der Waals surface area contributed by atoms with Gasteiger partial charge in [-0.2, -0.15) is 0 Å². The van der Waals surface area contributed by atoms with E-state index in [1.165, 1.54) is 43.3 Å². The van der Waals surface area contributed by atoms with E-state index < -0.39 is 0 Å². The van der Waals surface area contributed by atoms with Crippen molar-refractivity contribution < 1.29 is 4.39 Å². The van der Waals surface area contributed by atoms with E-state index >= 15 is 0 Å². The lowest BCUT2D eigenvalue weighted by molar-refractivity contribution is 0.0374. The van der Waals surface area contributed by atoms with Crippen LogP contribution < -0.4 is 10.6 Å². The summed E-state index contributed by atoms with van der Waals surface area (Å²) in [7, 11) is 0. The summed E-state index contributed by atoms with van der Waals surface area (Å²) in [6.45, 7) is 4.35. The average Bonchev–Trinajstić information content (AvgIpc) is 3.14. The van der Waals surface area contributed by atoms with E-state index in [4.69, 9.17) is 4.99 Å². The largest absolute Gasteiger partial charge is 0.354 e. The average molecular weight is 331 g/mol. The summed E-state index contributed by atoms with van der Waals surface area (Å²) in [5.41, 5.74) is 0.442. The SMILES string of the molecule is Fc1cccc2sc(NC3=NC4(CN3)CN3CCC4CC3)nc12. The van der Waals surface area contributed by atoms with Crippen molar-refractivity contribution in [3.63, 3.8) is 0 Å². The predicted octanol–water partition coefficient (Wildman–Crippen LogP) is 2.27. The maximum atomic E-state index is 13.8. The Morgan fingerprint density at radius 2 is 2.22 bits per heavy atom. The number of nitrogens with one attached hydrogen (secondary N) is 2. The highest BCUT2D eigenvalue weighted by atomic mass is 32.1. The second kappa shape index (κ2) is 4.88. The third-order valence-corrected chi connectivity index (χ3v) is 6.27. The number of aliphatic imine (C=N–C) groups is 1. The Hall–Kier alpha value is -1.73. The van der Waals surface area contributed by atoms with Gasteiger partial charge in [-0.3, -0.25) is 0 Å². The summed E-state index contributed by atoms with van der Waals surface area (Å²) in [5, 5.41) is 7.33. The third-order valence-electron chi connectivity index (χ3n) is 5.34. The highest BCUT2D eigenvalue weighted by molar-refractivity contribution is 7.22. The van der Waals surface area contributed by atoms with Gasteiger partial charge < -0.3 is 15.5 Å². The monoisotopic (exact) mass is 331 g/mol. The minimum atomic E-state index is -0.276. The van der Waals surface area contributed by atoms with Gasteiger partial charge in [-0.05, 0) is 44.0 Å². The lowest BCUT2D eigenvalue weighted by Gasteiger charge is -2.49. The number of hydrogen-bond donors (Lipinski definition) is 2. The Bertz CT molecular complexity index is 795. The van der Waals surface area contributed by atoms with Crippen LogP contribution in [0.3, 0.4) is 0 Å². The van der Waals surface area contributed by atoms with E-state index in [0.717, 1.165) is 23.7 Å². The number of benzene rings is 1. The maximum absolute atomic E-state index is 13.8. The summed E-state index contributed by atoms with van der Waals surface area (Å²) < 4.78 is 14.6. The van der Waals surface area contributed by atoms with Crippen LogP contribution in [0.4, 0.5) is 9.52 Å². The topological polar surface area (TPSA) is 52.6 Å². The number of nitrogens with zero attached hydrogens (tertiary/aromatic N) is 3. The van der Waals surface area contributed by atoms with Crippen LogP contribution in [0.1, 0.15) is 12.8 Å². The summed E-state index contributed by atoms with van der Waals surface area (Å²) in [5.74, 6) is 1.17. The number of anilines is 1. The zero-order valence-electron chi connectivity index (χ0n) is 12.7. The summed E-state index contributed by atoms with van der Waals surface area (Å²) in [6, 6.07) is 5.05. The molecule has 23 heavy (non-hydrogen) atoms. The maximum Gasteiger partial charge on any atom is 0.198 e. The van der Waals surface area contributed by atoms with Crippen LogP contribution in [0.15, 0.2) is 23.2 Å². The Morgan fingerprint density at radius 3 is 2.96 bits per heavy atom.